The van der Waals surface area contributed by atoms with Gasteiger partial charge in [-0.1, -0.05) is 12.1 Å². The van der Waals surface area contributed by atoms with E-state index in [1.807, 2.05) is 0 Å². The number of nitrogens with one attached hydrogen (secondary N) is 1. The van der Waals surface area contributed by atoms with Crippen LogP contribution in [0.3, 0.4) is 0 Å². The molecule has 1 aromatic rings. The van der Waals surface area contributed by atoms with Gasteiger partial charge in [-0.2, -0.15) is 0 Å². The van der Waals surface area contributed by atoms with Gasteiger partial charge in [-0.25, -0.2) is 0 Å². The summed E-state index contributed by atoms with van der Waals surface area (Å²) < 4.78 is 0. The molecule has 2 atom stereocenters. The number of rotatable bonds is 3. The van der Waals surface area contributed by atoms with Crippen molar-refractivity contribution >= 4 is 11.4 Å². The van der Waals surface area contributed by atoms with Crippen LogP contribution < -0.4 is 15.1 Å². The summed E-state index contributed by atoms with van der Waals surface area (Å²) in [7, 11) is 6.30. The van der Waals surface area contributed by atoms with Gasteiger partial charge in [0.05, 0.1) is 11.4 Å². The fourth-order valence-electron chi connectivity index (χ4n) is 2.88. The molecule has 1 aliphatic heterocycles. The van der Waals surface area contributed by atoms with Crippen LogP contribution in [0.25, 0.3) is 0 Å². The van der Waals surface area contributed by atoms with Gasteiger partial charge < -0.3 is 15.1 Å². The lowest BCUT2D eigenvalue weighted by atomic mass is 9.97. The fraction of sp³-hybridized carbons (Fsp3) is 0.600. The molecule has 1 N–H and O–H groups in total. The van der Waals surface area contributed by atoms with Crippen molar-refractivity contribution < 1.29 is 0 Å². The van der Waals surface area contributed by atoms with E-state index < -0.39 is 0 Å². The zero-order chi connectivity index (χ0) is 13.1. The van der Waals surface area contributed by atoms with E-state index in [2.05, 4.69) is 67.4 Å². The lowest BCUT2D eigenvalue weighted by molar-refractivity contribution is 0.387. The molecule has 3 nitrogen and oxygen atoms in total. The zero-order valence-corrected chi connectivity index (χ0v) is 12.0. The molecule has 2 unspecified atom stereocenters. The minimum atomic E-state index is 0.595. The molecule has 0 aliphatic carbocycles. The number of anilines is 2. The van der Waals surface area contributed by atoms with E-state index in [0.717, 1.165) is 6.54 Å². The van der Waals surface area contributed by atoms with Gasteiger partial charge >= 0.3 is 0 Å². The number of benzene rings is 1. The Morgan fingerprint density at radius 2 is 2.00 bits per heavy atom. The van der Waals surface area contributed by atoms with Crippen molar-refractivity contribution in [3.05, 3.63) is 24.3 Å². The largest absolute Gasteiger partial charge is 0.376 e. The number of piperidine rings is 1. The van der Waals surface area contributed by atoms with E-state index in [-0.39, 0.29) is 0 Å². The average molecular weight is 247 g/mol. The Morgan fingerprint density at radius 3 is 2.61 bits per heavy atom. The second-order valence-corrected chi connectivity index (χ2v) is 5.44. The van der Waals surface area contributed by atoms with Crippen molar-refractivity contribution in [1.29, 1.82) is 0 Å². The molecule has 100 valence electrons. The molecule has 1 aliphatic rings. The zero-order valence-electron chi connectivity index (χ0n) is 12.0. The first-order valence-electron chi connectivity index (χ1n) is 6.83. The predicted molar refractivity (Wildman–Crippen MR) is 79.7 cm³/mol. The van der Waals surface area contributed by atoms with E-state index in [1.54, 1.807) is 0 Å². The highest BCUT2D eigenvalue weighted by molar-refractivity contribution is 5.71. The van der Waals surface area contributed by atoms with Crippen LogP contribution in [0.2, 0.25) is 0 Å². The first-order valence-corrected chi connectivity index (χ1v) is 6.83. The van der Waals surface area contributed by atoms with Crippen LogP contribution in [-0.4, -0.2) is 39.8 Å². The molecule has 0 radical (unpaired) electrons. The van der Waals surface area contributed by atoms with Crippen LogP contribution in [0.1, 0.15) is 19.8 Å². The van der Waals surface area contributed by atoms with Gasteiger partial charge in [0.2, 0.25) is 0 Å². The van der Waals surface area contributed by atoms with Gasteiger partial charge in [0.1, 0.15) is 0 Å². The summed E-state index contributed by atoms with van der Waals surface area (Å²) in [6, 6.07) is 9.96. The summed E-state index contributed by atoms with van der Waals surface area (Å²) in [6.45, 7) is 3.47. The number of hydrogen-bond donors (Lipinski definition) is 1. The molecule has 1 heterocycles. The minimum Gasteiger partial charge on any atom is -0.376 e. The van der Waals surface area contributed by atoms with Gasteiger partial charge in [0.25, 0.3) is 0 Å². The summed E-state index contributed by atoms with van der Waals surface area (Å²) in [4.78, 5) is 4.75. The first-order chi connectivity index (χ1) is 8.63. The lowest BCUT2D eigenvalue weighted by Gasteiger charge is -2.40. The summed E-state index contributed by atoms with van der Waals surface area (Å²) in [5.41, 5.74) is 2.68. The third kappa shape index (κ3) is 2.61. The molecular weight excluding hydrogens is 222 g/mol. The van der Waals surface area contributed by atoms with E-state index in [4.69, 9.17) is 0 Å². The minimum absolute atomic E-state index is 0.595. The topological polar surface area (TPSA) is 18.5 Å². The quantitative estimate of drug-likeness (QED) is 0.884. The molecule has 1 saturated heterocycles. The number of nitrogens with zero attached hydrogens (tertiary/aromatic N) is 2. The lowest BCUT2D eigenvalue weighted by Crippen LogP contribution is -2.47. The van der Waals surface area contributed by atoms with E-state index in [9.17, 15) is 0 Å². The third-order valence-electron chi connectivity index (χ3n) is 3.96. The van der Waals surface area contributed by atoms with E-state index >= 15 is 0 Å². The normalized spacial score (nSPS) is 24.1. The second kappa shape index (κ2) is 5.61. The summed E-state index contributed by atoms with van der Waals surface area (Å²) >= 11 is 0. The molecule has 0 saturated carbocycles. The van der Waals surface area contributed by atoms with Crippen molar-refractivity contribution in [1.82, 2.24) is 5.32 Å². The van der Waals surface area contributed by atoms with Crippen LogP contribution in [0.15, 0.2) is 24.3 Å². The molecule has 0 aromatic heterocycles. The van der Waals surface area contributed by atoms with Gasteiger partial charge in [-0.3, -0.25) is 0 Å². The molecule has 3 heteroatoms. The summed E-state index contributed by atoms with van der Waals surface area (Å²) in [5, 5.41) is 3.41. The van der Waals surface area contributed by atoms with Crippen LogP contribution in [0.4, 0.5) is 11.4 Å². The Balaban J connectivity index is 2.22. The maximum Gasteiger partial charge on any atom is 0.0606 e. The van der Waals surface area contributed by atoms with Crippen molar-refractivity contribution in [2.75, 3.05) is 37.5 Å². The molecule has 2 rings (SSSR count). The first kappa shape index (κ1) is 13.2. The highest BCUT2D eigenvalue weighted by atomic mass is 15.2. The van der Waals surface area contributed by atoms with Crippen molar-refractivity contribution in [3.63, 3.8) is 0 Å². The number of para-hydroxylation sites is 2. The predicted octanol–water partition coefficient (Wildman–Crippen LogP) is 2.33. The Morgan fingerprint density at radius 1 is 1.28 bits per heavy atom. The Kier molecular flexibility index (Phi) is 4.12. The van der Waals surface area contributed by atoms with Crippen LogP contribution in [-0.2, 0) is 0 Å². The average Bonchev–Trinajstić information content (AvgIpc) is 2.38. The standard InChI is InChI=1S/C15H25N3/c1-12-11-13(16-2)9-10-18(12)15-8-6-5-7-14(15)17(3)4/h5-8,12-13,16H,9-11H2,1-4H3. The molecule has 1 fully saturated rings. The molecule has 1 aromatic carbocycles. The monoisotopic (exact) mass is 247 g/mol. The number of hydrogen-bond acceptors (Lipinski definition) is 3. The molecule has 0 bridgehead atoms. The van der Waals surface area contributed by atoms with Crippen LogP contribution in [0.5, 0.6) is 0 Å². The maximum absolute atomic E-state index is 3.41. The Labute approximate surface area is 111 Å². The smallest absolute Gasteiger partial charge is 0.0606 e. The summed E-state index contributed by atoms with van der Waals surface area (Å²) in [6.07, 6.45) is 2.45. The second-order valence-electron chi connectivity index (χ2n) is 5.44. The summed E-state index contributed by atoms with van der Waals surface area (Å²) in [5.74, 6) is 0. The van der Waals surface area contributed by atoms with Gasteiger partial charge in [0, 0.05) is 32.7 Å². The van der Waals surface area contributed by atoms with Gasteiger partial charge in [0.15, 0.2) is 0 Å². The maximum atomic E-state index is 3.41. The fourth-order valence-corrected chi connectivity index (χ4v) is 2.88. The Hall–Kier alpha value is -1.22. The molecule has 0 amide bonds. The highest BCUT2D eigenvalue weighted by Gasteiger charge is 2.26. The molecule has 18 heavy (non-hydrogen) atoms. The van der Waals surface area contributed by atoms with Gasteiger partial charge in [-0.15, -0.1) is 0 Å². The molecule has 0 spiro atoms. The Bertz CT molecular complexity index is 389. The highest BCUT2D eigenvalue weighted by Crippen LogP contribution is 2.32. The van der Waals surface area contributed by atoms with Crippen molar-refractivity contribution in [2.45, 2.75) is 31.8 Å². The van der Waals surface area contributed by atoms with Crippen molar-refractivity contribution in [3.8, 4) is 0 Å². The SMILES string of the molecule is CNC1CCN(c2ccccc2N(C)C)C(C)C1. The van der Waals surface area contributed by atoms with Gasteiger partial charge in [-0.05, 0) is 38.9 Å². The van der Waals surface area contributed by atoms with E-state index in [1.165, 1.54) is 24.2 Å². The third-order valence-corrected chi connectivity index (χ3v) is 3.96. The van der Waals surface area contributed by atoms with Crippen LogP contribution >= 0.6 is 0 Å². The van der Waals surface area contributed by atoms with E-state index in [0.29, 0.717) is 12.1 Å². The van der Waals surface area contributed by atoms with Crippen LogP contribution in [0, 0.1) is 0 Å². The molecular formula is C15H25N3. The van der Waals surface area contributed by atoms with Crippen molar-refractivity contribution in [2.24, 2.45) is 0 Å².